The number of nitrogens with zero attached hydrogens (tertiary/aromatic N) is 5. The summed E-state index contributed by atoms with van der Waals surface area (Å²) in [7, 11) is 3.69. The van der Waals surface area contributed by atoms with Crippen molar-refractivity contribution in [1.82, 2.24) is 24.5 Å². The molecule has 0 bridgehead atoms. The van der Waals surface area contributed by atoms with Crippen LogP contribution in [0.25, 0.3) is 0 Å². The maximum Gasteiger partial charge on any atom is 0.257 e. The van der Waals surface area contributed by atoms with E-state index in [0.29, 0.717) is 12.1 Å². The molecule has 0 aromatic carbocycles. The second-order valence-corrected chi connectivity index (χ2v) is 5.03. The molecular formula is C14H21N5O. The molecule has 2 aromatic rings. The van der Waals surface area contributed by atoms with Crippen LogP contribution in [0.3, 0.4) is 0 Å². The predicted octanol–water partition coefficient (Wildman–Crippen LogP) is 1.53. The number of aromatic nitrogens is 4. The van der Waals surface area contributed by atoms with Gasteiger partial charge in [-0.15, -0.1) is 0 Å². The lowest BCUT2D eigenvalue weighted by Gasteiger charge is -2.16. The van der Waals surface area contributed by atoms with Crippen LogP contribution < -0.4 is 0 Å². The molecule has 0 aliphatic rings. The molecule has 20 heavy (non-hydrogen) atoms. The molecule has 2 heterocycles. The molecule has 0 spiro atoms. The van der Waals surface area contributed by atoms with Gasteiger partial charge in [0.05, 0.1) is 17.5 Å². The van der Waals surface area contributed by atoms with Gasteiger partial charge in [0.15, 0.2) is 0 Å². The maximum absolute atomic E-state index is 12.5. The molecule has 6 heteroatoms. The van der Waals surface area contributed by atoms with Gasteiger partial charge >= 0.3 is 0 Å². The van der Waals surface area contributed by atoms with Crippen LogP contribution in [0.5, 0.6) is 0 Å². The minimum absolute atomic E-state index is 0.00884. The van der Waals surface area contributed by atoms with Crippen molar-refractivity contribution in [3.63, 3.8) is 0 Å². The zero-order valence-electron chi connectivity index (χ0n) is 12.7. The standard InChI is InChI=1S/C14H21N5O/c1-6-19-11(3)13(7-15-19)14(20)17(4)8-12-9-18(5)16-10(12)2/h7,9H,6,8H2,1-5H3. The van der Waals surface area contributed by atoms with E-state index in [1.807, 2.05) is 38.7 Å². The van der Waals surface area contributed by atoms with Crippen LogP contribution in [0, 0.1) is 13.8 Å². The van der Waals surface area contributed by atoms with E-state index in [1.165, 1.54) is 0 Å². The number of hydrogen-bond donors (Lipinski definition) is 0. The molecule has 0 N–H and O–H groups in total. The third-order valence-electron chi connectivity index (χ3n) is 3.50. The van der Waals surface area contributed by atoms with E-state index in [9.17, 15) is 4.79 Å². The van der Waals surface area contributed by atoms with Gasteiger partial charge in [0, 0.05) is 44.6 Å². The summed E-state index contributed by atoms with van der Waals surface area (Å²) in [4.78, 5) is 14.2. The molecule has 0 aliphatic carbocycles. The number of amides is 1. The molecule has 0 atom stereocenters. The van der Waals surface area contributed by atoms with Crippen molar-refractivity contribution in [2.45, 2.75) is 33.9 Å². The van der Waals surface area contributed by atoms with Gasteiger partial charge in [-0.1, -0.05) is 0 Å². The predicted molar refractivity (Wildman–Crippen MR) is 76.4 cm³/mol. The average Bonchev–Trinajstić information content (AvgIpc) is 2.91. The van der Waals surface area contributed by atoms with Gasteiger partial charge in [0.25, 0.3) is 5.91 Å². The van der Waals surface area contributed by atoms with Gasteiger partial charge in [-0.05, 0) is 20.8 Å². The molecule has 108 valence electrons. The number of aryl methyl sites for hydroxylation is 3. The molecule has 0 saturated heterocycles. The molecule has 0 fully saturated rings. The SMILES string of the molecule is CCn1ncc(C(=O)N(C)Cc2cn(C)nc2C)c1C. The average molecular weight is 275 g/mol. The third-order valence-corrected chi connectivity index (χ3v) is 3.50. The monoisotopic (exact) mass is 275 g/mol. The third kappa shape index (κ3) is 2.59. The zero-order valence-corrected chi connectivity index (χ0v) is 12.7. The van der Waals surface area contributed by atoms with Crippen LogP contribution in [-0.4, -0.2) is 37.4 Å². The summed E-state index contributed by atoms with van der Waals surface area (Å²) >= 11 is 0. The fourth-order valence-electron chi connectivity index (χ4n) is 2.31. The van der Waals surface area contributed by atoms with Crippen molar-refractivity contribution >= 4 is 5.91 Å². The number of rotatable bonds is 4. The Bertz CT molecular complexity index is 626. The van der Waals surface area contributed by atoms with Crippen LogP contribution in [0.2, 0.25) is 0 Å². The lowest BCUT2D eigenvalue weighted by molar-refractivity contribution is 0.0784. The van der Waals surface area contributed by atoms with Crippen molar-refractivity contribution in [3.8, 4) is 0 Å². The second-order valence-electron chi connectivity index (χ2n) is 5.03. The van der Waals surface area contributed by atoms with Gasteiger partial charge in [0.1, 0.15) is 0 Å². The molecule has 0 radical (unpaired) electrons. The van der Waals surface area contributed by atoms with E-state index < -0.39 is 0 Å². The van der Waals surface area contributed by atoms with Crippen molar-refractivity contribution in [2.24, 2.45) is 7.05 Å². The smallest absolute Gasteiger partial charge is 0.257 e. The molecule has 2 aromatic heterocycles. The highest BCUT2D eigenvalue weighted by atomic mass is 16.2. The maximum atomic E-state index is 12.5. The summed E-state index contributed by atoms with van der Waals surface area (Å²) in [6, 6.07) is 0. The van der Waals surface area contributed by atoms with Crippen LogP contribution in [0.4, 0.5) is 0 Å². The summed E-state index contributed by atoms with van der Waals surface area (Å²) in [5.74, 6) is -0.00884. The van der Waals surface area contributed by atoms with Gasteiger partial charge in [0.2, 0.25) is 0 Å². The highest BCUT2D eigenvalue weighted by Crippen LogP contribution is 2.13. The Morgan fingerprint density at radius 1 is 1.40 bits per heavy atom. The largest absolute Gasteiger partial charge is 0.337 e. The lowest BCUT2D eigenvalue weighted by Crippen LogP contribution is -2.26. The summed E-state index contributed by atoms with van der Waals surface area (Å²) < 4.78 is 3.60. The first-order valence-electron chi connectivity index (χ1n) is 6.71. The molecule has 1 amide bonds. The highest BCUT2D eigenvalue weighted by Gasteiger charge is 2.18. The number of hydrogen-bond acceptors (Lipinski definition) is 3. The Morgan fingerprint density at radius 3 is 2.60 bits per heavy atom. The molecule has 0 aliphatic heterocycles. The Hall–Kier alpha value is -2.11. The van der Waals surface area contributed by atoms with E-state index in [-0.39, 0.29) is 5.91 Å². The first kappa shape index (κ1) is 14.3. The number of carbonyl (C=O) groups is 1. The fourth-order valence-corrected chi connectivity index (χ4v) is 2.31. The minimum atomic E-state index is -0.00884. The van der Waals surface area contributed by atoms with Gasteiger partial charge in [-0.25, -0.2) is 0 Å². The minimum Gasteiger partial charge on any atom is -0.337 e. The van der Waals surface area contributed by atoms with E-state index in [2.05, 4.69) is 10.2 Å². The molecule has 6 nitrogen and oxygen atoms in total. The second kappa shape index (κ2) is 5.48. The number of carbonyl (C=O) groups excluding carboxylic acids is 1. The Morgan fingerprint density at radius 2 is 2.10 bits per heavy atom. The molecule has 2 rings (SSSR count). The van der Waals surface area contributed by atoms with Crippen LogP contribution in [0.15, 0.2) is 12.4 Å². The van der Waals surface area contributed by atoms with E-state index in [0.717, 1.165) is 23.5 Å². The van der Waals surface area contributed by atoms with Crippen LogP contribution in [-0.2, 0) is 20.1 Å². The Labute approximate surface area is 119 Å². The van der Waals surface area contributed by atoms with E-state index in [4.69, 9.17) is 0 Å². The normalized spacial score (nSPS) is 10.8. The highest BCUT2D eigenvalue weighted by molar-refractivity contribution is 5.94. The van der Waals surface area contributed by atoms with Crippen molar-refractivity contribution in [1.29, 1.82) is 0 Å². The van der Waals surface area contributed by atoms with Crippen LogP contribution >= 0.6 is 0 Å². The first-order chi connectivity index (χ1) is 9.43. The Balaban J connectivity index is 2.16. The fraction of sp³-hybridized carbons (Fsp3) is 0.500. The van der Waals surface area contributed by atoms with E-state index in [1.54, 1.807) is 22.8 Å². The summed E-state index contributed by atoms with van der Waals surface area (Å²) in [5, 5.41) is 8.51. The summed E-state index contributed by atoms with van der Waals surface area (Å²) in [6.07, 6.45) is 3.59. The van der Waals surface area contributed by atoms with Gasteiger partial charge < -0.3 is 4.90 Å². The zero-order chi connectivity index (χ0) is 14.9. The topological polar surface area (TPSA) is 56.0 Å². The Kier molecular flexibility index (Phi) is 3.92. The van der Waals surface area contributed by atoms with Gasteiger partial charge in [-0.3, -0.25) is 14.2 Å². The molecule has 0 unspecified atom stereocenters. The van der Waals surface area contributed by atoms with Crippen molar-refractivity contribution < 1.29 is 4.79 Å². The van der Waals surface area contributed by atoms with Crippen molar-refractivity contribution in [3.05, 3.63) is 34.9 Å². The molecule has 0 saturated carbocycles. The first-order valence-corrected chi connectivity index (χ1v) is 6.71. The van der Waals surface area contributed by atoms with Crippen LogP contribution in [0.1, 0.15) is 34.2 Å². The molecular weight excluding hydrogens is 254 g/mol. The lowest BCUT2D eigenvalue weighted by atomic mass is 10.2. The quantitative estimate of drug-likeness (QED) is 0.850. The summed E-state index contributed by atoms with van der Waals surface area (Å²) in [5.41, 5.74) is 3.58. The van der Waals surface area contributed by atoms with E-state index >= 15 is 0 Å². The van der Waals surface area contributed by atoms with Crippen molar-refractivity contribution in [2.75, 3.05) is 7.05 Å². The summed E-state index contributed by atoms with van der Waals surface area (Å²) in [6.45, 7) is 7.21. The van der Waals surface area contributed by atoms with Gasteiger partial charge in [-0.2, -0.15) is 10.2 Å².